The number of hydrogen-bond acceptors (Lipinski definition) is 4. The van der Waals surface area contributed by atoms with Gasteiger partial charge in [-0.05, 0) is 43.0 Å². The van der Waals surface area contributed by atoms with Crippen molar-refractivity contribution < 1.29 is 13.2 Å². The van der Waals surface area contributed by atoms with Crippen molar-refractivity contribution in [1.29, 1.82) is 0 Å². The number of carbonyl (C=O) groups is 1. The monoisotopic (exact) mass is 362 g/mol. The number of thiophene rings is 1. The predicted molar refractivity (Wildman–Crippen MR) is 98.6 cm³/mol. The van der Waals surface area contributed by atoms with Crippen LogP contribution in [-0.2, 0) is 16.3 Å². The number of rotatable bonds is 3. The summed E-state index contributed by atoms with van der Waals surface area (Å²) in [6.07, 6.45) is 6.53. The molecule has 5 nitrogen and oxygen atoms in total. The molecular formula is C17H18N2O3S2. The Hall–Kier alpha value is -2.12. The summed E-state index contributed by atoms with van der Waals surface area (Å²) < 4.78 is 24.3. The van der Waals surface area contributed by atoms with Crippen LogP contribution in [0, 0.1) is 6.92 Å². The van der Waals surface area contributed by atoms with Crippen LogP contribution in [0.4, 0.5) is 15.5 Å². The number of amides is 2. The van der Waals surface area contributed by atoms with Gasteiger partial charge < -0.3 is 5.32 Å². The third kappa shape index (κ3) is 3.52. The van der Waals surface area contributed by atoms with Crippen molar-refractivity contribution in [2.75, 3.05) is 16.9 Å². The van der Waals surface area contributed by atoms with E-state index in [0.717, 1.165) is 35.3 Å². The maximum atomic E-state index is 12.3. The highest BCUT2D eigenvalue weighted by Gasteiger charge is 2.24. The summed E-state index contributed by atoms with van der Waals surface area (Å²) in [6, 6.07) is 7.11. The van der Waals surface area contributed by atoms with Gasteiger partial charge >= 0.3 is 6.03 Å². The molecule has 0 bridgehead atoms. The Bertz CT molecular complexity index is 927. The van der Waals surface area contributed by atoms with Gasteiger partial charge in [0.2, 0.25) is 0 Å². The number of anilines is 2. The number of fused-ring (bicyclic) bond motifs is 1. The van der Waals surface area contributed by atoms with Crippen LogP contribution in [0.5, 0.6) is 0 Å². The topological polar surface area (TPSA) is 75.3 Å². The predicted octanol–water partition coefficient (Wildman–Crippen LogP) is 4.06. The number of hydrogen-bond donors (Lipinski definition) is 2. The lowest BCUT2D eigenvalue weighted by Gasteiger charge is -2.10. The number of benzene rings is 1. The molecule has 2 aromatic rings. The van der Waals surface area contributed by atoms with E-state index in [4.69, 9.17) is 0 Å². The molecule has 0 aliphatic heterocycles. The molecule has 1 aliphatic carbocycles. The van der Waals surface area contributed by atoms with Gasteiger partial charge in [0.1, 0.15) is 9.21 Å². The van der Waals surface area contributed by atoms with Gasteiger partial charge in [0.05, 0.1) is 0 Å². The van der Waals surface area contributed by atoms with E-state index in [1.165, 1.54) is 6.26 Å². The van der Waals surface area contributed by atoms with Crippen LogP contribution in [-0.4, -0.2) is 20.7 Å². The second-order valence-electron chi connectivity index (χ2n) is 5.77. The molecule has 0 unspecified atom stereocenters. The second-order valence-corrected chi connectivity index (χ2v) is 9.00. The van der Waals surface area contributed by atoms with Crippen LogP contribution in [0.3, 0.4) is 0 Å². The molecule has 2 amide bonds. The van der Waals surface area contributed by atoms with Gasteiger partial charge in [0, 0.05) is 17.5 Å². The highest BCUT2D eigenvalue weighted by molar-refractivity contribution is 7.93. The molecule has 3 rings (SSSR count). The summed E-state index contributed by atoms with van der Waals surface area (Å²) in [5.74, 6) is 0. The molecular weight excluding hydrogens is 344 g/mol. The highest BCUT2D eigenvalue weighted by atomic mass is 32.2. The van der Waals surface area contributed by atoms with Crippen LogP contribution in [0.1, 0.15) is 23.1 Å². The van der Waals surface area contributed by atoms with E-state index in [0.29, 0.717) is 20.5 Å². The van der Waals surface area contributed by atoms with E-state index in [2.05, 4.69) is 10.6 Å². The molecule has 0 saturated heterocycles. The third-order valence-electron chi connectivity index (χ3n) is 3.70. The molecule has 126 valence electrons. The first kappa shape index (κ1) is 16.7. The minimum atomic E-state index is -3.33. The van der Waals surface area contributed by atoms with Gasteiger partial charge in [-0.3, -0.25) is 5.32 Å². The molecule has 0 fully saturated rings. The zero-order valence-electron chi connectivity index (χ0n) is 13.4. The average Bonchev–Trinajstić information content (AvgIpc) is 2.86. The number of sulfone groups is 1. The number of aryl methyl sites for hydroxylation is 1. The fourth-order valence-electron chi connectivity index (χ4n) is 2.67. The molecule has 0 saturated carbocycles. The summed E-state index contributed by atoms with van der Waals surface area (Å²) in [5, 5.41) is 6.17. The molecule has 0 spiro atoms. The van der Waals surface area contributed by atoms with Gasteiger partial charge in [0.15, 0.2) is 9.84 Å². The van der Waals surface area contributed by atoms with E-state index in [9.17, 15) is 13.2 Å². The van der Waals surface area contributed by atoms with E-state index in [-0.39, 0.29) is 6.03 Å². The van der Waals surface area contributed by atoms with Crippen molar-refractivity contribution in [3.05, 3.63) is 47.0 Å². The normalized spacial score (nSPS) is 13.4. The van der Waals surface area contributed by atoms with E-state index >= 15 is 0 Å². The fraction of sp³-hybridized carbons (Fsp3) is 0.235. The molecule has 1 aromatic heterocycles. The average molecular weight is 362 g/mol. The van der Waals surface area contributed by atoms with Gasteiger partial charge in [-0.2, -0.15) is 0 Å². The first-order valence-electron chi connectivity index (χ1n) is 7.51. The number of allylic oxidation sites excluding steroid dienone is 1. The molecule has 1 aromatic carbocycles. The lowest BCUT2D eigenvalue weighted by molar-refractivity contribution is 0.262. The van der Waals surface area contributed by atoms with Gasteiger partial charge in [-0.25, -0.2) is 13.2 Å². The van der Waals surface area contributed by atoms with Crippen molar-refractivity contribution in [1.82, 2.24) is 0 Å². The summed E-state index contributed by atoms with van der Waals surface area (Å²) in [5.41, 5.74) is 3.34. The lowest BCUT2D eigenvalue weighted by Crippen LogP contribution is -2.19. The summed E-state index contributed by atoms with van der Waals surface area (Å²) >= 11 is 1.11. The largest absolute Gasteiger partial charge is 0.324 e. The van der Waals surface area contributed by atoms with Gasteiger partial charge in [0.25, 0.3) is 0 Å². The first-order chi connectivity index (χ1) is 11.3. The Morgan fingerprint density at radius 3 is 2.75 bits per heavy atom. The minimum Gasteiger partial charge on any atom is -0.308 e. The van der Waals surface area contributed by atoms with Crippen LogP contribution < -0.4 is 10.6 Å². The minimum absolute atomic E-state index is 0.305. The van der Waals surface area contributed by atoms with E-state index in [1.54, 1.807) is 6.07 Å². The molecule has 1 aliphatic rings. The lowest BCUT2D eigenvalue weighted by atomic mass is 10.0. The van der Waals surface area contributed by atoms with Crippen molar-refractivity contribution in [3.8, 4) is 0 Å². The van der Waals surface area contributed by atoms with Gasteiger partial charge in [-0.15, -0.1) is 11.3 Å². The van der Waals surface area contributed by atoms with Crippen molar-refractivity contribution >= 4 is 44.0 Å². The number of nitrogens with one attached hydrogen (secondary N) is 2. The first-order valence-corrected chi connectivity index (χ1v) is 10.2. The summed E-state index contributed by atoms with van der Waals surface area (Å²) in [6.45, 7) is 1.95. The third-order valence-corrected chi connectivity index (χ3v) is 6.71. The van der Waals surface area contributed by atoms with Gasteiger partial charge in [-0.1, -0.05) is 24.3 Å². The summed E-state index contributed by atoms with van der Waals surface area (Å²) in [4.78, 5) is 12.3. The smallest absolute Gasteiger partial charge is 0.308 e. The molecule has 0 atom stereocenters. The molecule has 2 N–H and O–H groups in total. The highest BCUT2D eigenvalue weighted by Crippen LogP contribution is 2.40. The SMILES string of the molecule is Cc1cccc(NC(=O)Nc2sc(S(C)(=O)=O)c3c2CCC=C3)c1. The van der Waals surface area contributed by atoms with Crippen LogP contribution in [0.15, 0.2) is 34.6 Å². The van der Waals surface area contributed by atoms with Crippen molar-refractivity contribution in [2.24, 2.45) is 0 Å². The molecule has 7 heteroatoms. The summed E-state index contributed by atoms with van der Waals surface area (Å²) in [7, 11) is -3.33. The van der Waals surface area contributed by atoms with Crippen LogP contribution in [0.25, 0.3) is 6.08 Å². The maximum absolute atomic E-state index is 12.3. The van der Waals surface area contributed by atoms with Crippen LogP contribution >= 0.6 is 11.3 Å². The Morgan fingerprint density at radius 2 is 2.04 bits per heavy atom. The van der Waals surface area contributed by atoms with Crippen molar-refractivity contribution in [3.63, 3.8) is 0 Å². The Labute approximate surface area is 145 Å². The quantitative estimate of drug-likeness (QED) is 0.864. The zero-order valence-corrected chi connectivity index (χ0v) is 15.1. The Morgan fingerprint density at radius 1 is 1.25 bits per heavy atom. The Balaban J connectivity index is 1.86. The zero-order chi connectivity index (χ0) is 17.3. The standard InChI is InChI=1S/C17H18N2O3S2/c1-11-6-5-7-12(10-11)18-17(20)19-15-13-8-3-4-9-14(13)16(23-15)24(2,21)22/h4-7,9-10H,3,8H2,1-2H3,(H2,18,19,20). The number of urea groups is 1. The Kier molecular flexibility index (Phi) is 4.47. The second kappa shape index (κ2) is 6.41. The van der Waals surface area contributed by atoms with E-state index < -0.39 is 9.84 Å². The molecule has 24 heavy (non-hydrogen) atoms. The van der Waals surface area contributed by atoms with E-state index in [1.807, 2.05) is 37.3 Å². The molecule has 1 heterocycles. The maximum Gasteiger partial charge on any atom is 0.324 e. The van der Waals surface area contributed by atoms with Crippen molar-refractivity contribution in [2.45, 2.75) is 24.0 Å². The van der Waals surface area contributed by atoms with Crippen LogP contribution in [0.2, 0.25) is 0 Å². The number of carbonyl (C=O) groups excluding carboxylic acids is 1. The fourth-order valence-corrected chi connectivity index (χ4v) is 5.08. The molecule has 0 radical (unpaired) electrons.